The molecule has 0 fully saturated rings. The number of sulfone groups is 1. The zero-order chi connectivity index (χ0) is 16.9. The van der Waals surface area contributed by atoms with Gasteiger partial charge in [0.05, 0.1) is 5.75 Å². The van der Waals surface area contributed by atoms with Gasteiger partial charge < -0.3 is 16.0 Å². The highest BCUT2D eigenvalue weighted by atomic mass is 127. The van der Waals surface area contributed by atoms with Gasteiger partial charge in [-0.2, -0.15) is 0 Å². The first-order valence-corrected chi connectivity index (χ1v) is 9.46. The summed E-state index contributed by atoms with van der Waals surface area (Å²) >= 11 is 0. The van der Waals surface area contributed by atoms with Crippen LogP contribution in [0, 0.1) is 0 Å². The summed E-state index contributed by atoms with van der Waals surface area (Å²) in [5.74, 6) is 0.614. The third-order valence-corrected chi connectivity index (χ3v) is 4.56. The molecule has 24 heavy (non-hydrogen) atoms. The Hall–Kier alpha value is -1.36. The standard InChI is InChI=1S/C15H22N4O3S.HI/c1-16-15(17-7-8-23(2,21)22)18-10-11-9-14(20)19-13-6-4-3-5-12(11)13;/h3-6,11H,7-10H2,1-2H3,(H,19,20)(H2,16,17,18);1H. The molecule has 0 aliphatic carbocycles. The molecule has 0 saturated heterocycles. The number of benzene rings is 1. The fourth-order valence-corrected chi connectivity index (χ4v) is 2.95. The first-order valence-electron chi connectivity index (χ1n) is 7.40. The first-order chi connectivity index (χ1) is 10.9. The van der Waals surface area contributed by atoms with Crippen molar-refractivity contribution in [2.75, 3.05) is 37.5 Å². The summed E-state index contributed by atoms with van der Waals surface area (Å²) in [6, 6.07) is 7.72. The van der Waals surface area contributed by atoms with Crippen molar-refractivity contribution in [3.05, 3.63) is 29.8 Å². The Morgan fingerprint density at radius 2 is 2.04 bits per heavy atom. The fourth-order valence-electron chi connectivity index (χ4n) is 2.48. The van der Waals surface area contributed by atoms with Gasteiger partial charge in [-0.25, -0.2) is 8.42 Å². The predicted octanol–water partition coefficient (Wildman–Crippen LogP) is 0.940. The zero-order valence-electron chi connectivity index (χ0n) is 13.7. The number of carbonyl (C=O) groups excluding carboxylic acids is 1. The maximum Gasteiger partial charge on any atom is 0.225 e. The third kappa shape index (κ3) is 6.27. The molecule has 134 valence electrons. The van der Waals surface area contributed by atoms with Crippen LogP contribution < -0.4 is 16.0 Å². The van der Waals surface area contributed by atoms with Crippen LogP contribution >= 0.6 is 24.0 Å². The number of halogens is 1. The highest BCUT2D eigenvalue weighted by Crippen LogP contribution is 2.31. The lowest BCUT2D eigenvalue weighted by Gasteiger charge is -2.26. The van der Waals surface area contributed by atoms with Crippen LogP contribution in [0.15, 0.2) is 29.3 Å². The summed E-state index contributed by atoms with van der Waals surface area (Å²) in [4.78, 5) is 15.8. The van der Waals surface area contributed by atoms with E-state index in [9.17, 15) is 13.2 Å². The molecule has 1 aromatic rings. The molecule has 1 atom stereocenters. The molecule has 9 heteroatoms. The van der Waals surface area contributed by atoms with Crippen molar-refractivity contribution in [2.24, 2.45) is 4.99 Å². The van der Waals surface area contributed by atoms with Gasteiger partial charge >= 0.3 is 0 Å². The van der Waals surface area contributed by atoms with E-state index in [0.29, 0.717) is 25.5 Å². The molecule has 3 N–H and O–H groups in total. The van der Waals surface area contributed by atoms with Crippen LogP contribution in [0.1, 0.15) is 17.9 Å². The van der Waals surface area contributed by atoms with E-state index in [-0.39, 0.29) is 41.6 Å². The molecule has 0 saturated carbocycles. The molecule has 1 heterocycles. The fraction of sp³-hybridized carbons (Fsp3) is 0.467. The first kappa shape index (κ1) is 20.7. The quantitative estimate of drug-likeness (QED) is 0.341. The van der Waals surface area contributed by atoms with Crippen molar-refractivity contribution in [1.82, 2.24) is 10.6 Å². The van der Waals surface area contributed by atoms with Gasteiger partial charge in [-0.3, -0.25) is 9.79 Å². The lowest BCUT2D eigenvalue weighted by Crippen LogP contribution is -2.42. The second-order valence-corrected chi connectivity index (χ2v) is 7.81. The van der Waals surface area contributed by atoms with Crippen LogP contribution in [0.3, 0.4) is 0 Å². The van der Waals surface area contributed by atoms with Crippen LogP contribution in [0.5, 0.6) is 0 Å². The number of para-hydroxylation sites is 1. The Kier molecular flexibility index (Phi) is 7.94. The van der Waals surface area contributed by atoms with E-state index in [1.807, 2.05) is 24.3 Å². The summed E-state index contributed by atoms with van der Waals surface area (Å²) in [5.41, 5.74) is 1.93. The van der Waals surface area contributed by atoms with Crippen LogP contribution in [0.25, 0.3) is 0 Å². The smallest absolute Gasteiger partial charge is 0.225 e. The number of fused-ring (bicyclic) bond motifs is 1. The molecular weight excluding hydrogens is 443 g/mol. The summed E-state index contributed by atoms with van der Waals surface area (Å²) in [6.07, 6.45) is 1.60. The Balaban J connectivity index is 0.00000288. The van der Waals surface area contributed by atoms with Gasteiger partial charge in [0.15, 0.2) is 5.96 Å². The molecule has 0 radical (unpaired) electrons. The van der Waals surface area contributed by atoms with E-state index >= 15 is 0 Å². The average molecular weight is 466 g/mol. The molecule has 1 aliphatic rings. The minimum Gasteiger partial charge on any atom is -0.356 e. The zero-order valence-corrected chi connectivity index (χ0v) is 16.9. The number of carbonyl (C=O) groups is 1. The average Bonchev–Trinajstić information content (AvgIpc) is 2.49. The second kappa shape index (κ2) is 9.21. The van der Waals surface area contributed by atoms with Crippen molar-refractivity contribution in [1.29, 1.82) is 0 Å². The number of hydrogen-bond donors (Lipinski definition) is 3. The minimum atomic E-state index is -3.01. The van der Waals surface area contributed by atoms with Gasteiger partial charge in [0, 0.05) is 44.4 Å². The minimum absolute atomic E-state index is 0. The molecule has 0 spiro atoms. The van der Waals surface area contributed by atoms with Crippen molar-refractivity contribution in [3.63, 3.8) is 0 Å². The van der Waals surface area contributed by atoms with Gasteiger partial charge in [0.25, 0.3) is 0 Å². The van der Waals surface area contributed by atoms with Crippen LogP contribution in [0.2, 0.25) is 0 Å². The Morgan fingerprint density at radius 3 is 2.71 bits per heavy atom. The van der Waals surface area contributed by atoms with Crippen molar-refractivity contribution in [3.8, 4) is 0 Å². The molecule has 2 rings (SSSR count). The summed E-state index contributed by atoms with van der Waals surface area (Å²) in [5, 5.41) is 8.97. The van der Waals surface area contributed by atoms with Gasteiger partial charge in [-0.1, -0.05) is 18.2 Å². The maximum absolute atomic E-state index is 11.8. The normalized spacial score (nSPS) is 17.3. The molecule has 1 amide bonds. The number of nitrogens with one attached hydrogen (secondary N) is 3. The van der Waals surface area contributed by atoms with Gasteiger partial charge in [0.2, 0.25) is 5.91 Å². The van der Waals surface area contributed by atoms with Crippen molar-refractivity contribution < 1.29 is 13.2 Å². The largest absolute Gasteiger partial charge is 0.356 e. The number of rotatable bonds is 5. The molecule has 1 unspecified atom stereocenters. The van der Waals surface area contributed by atoms with E-state index in [1.165, 1.54) is 6.26 Å². The third-order valence-electron chi connectivity index (χ3n) is 3.61. The van der Waals surface area contributed by atoms with Crippen LogP contribution in [-0.4, -0.2) is 52.4 Å². The van der Waals surface area contributed by atoms with Crippen molar-refractivity contribution in [2.45, 2.75) is 12.3 Å². The number of amides is 1. The summed E-state index contributed by atoms with van der Waals surface area (Å²) < 4.78 is 22.3. The molecular formula is C15H23IN4O3S. The van der Waals surface area contributed by atoms with E-state index in [0.717, 1.165) is 11.3 Å². The molecule has 0 bridgehead atoms. The molecule has 1 aromatic carbocycles. The van der Waals surface area contributed by atoms with E-state index in [1.54, 1.807) is 7.05 Å². The lowest BCUT2D eigenvalue weighted by molar-refractivity contribution is -0.116. The number of aliphatic imine (C=N–C) groups is 1. The van der Waals surface area contributed by atoms with E-state index < -0.39 is 9.84 Å². The van der Waals surface area contributed by atoms with Gasteiger partial charge in [-0.15, -0.1) is 24.0 Å². The lowest BCUT2D eigenvalue weighted by atomic mass is 9.90. The molecule has 1 aliphatic heterocycles. The highest BCUT2D eigenvalue weighted by molar-refractivity contribution is 14.0. The number of nitrogens with zero attached hydrogens (tertiary/aromatic N) is 1. The van der Waals surface area contributed by atoms with Crippen LogP contribution in [0.4, 0.5) is 5.69 Å². The number of hydrogen-bond acceptors (Lipinski definition) is 4. The second-order valence-electron chi connectivity index (χ2n) is 5.55. The van der Waals surface area contributed by atoms with Crippen molar-refractivity contribution >= 4 is 51.4 Å². The maximum atomic E-state index is 11.8. The van der Waals surface area contributed by atoms with Gasteiger partial charge in [0.1, 0.15) is 9.84 Å². The Labute approximate surface area is 159 Å². The Morgan fingerprint density at radius 1 is 1.33 bits per heavy atom. The van der Waals surface area contributed by atoms with Gasteiger partial charge in [-0.05, 0) is 11.6 Å². The van der Waals surface area contributed by atoms with Crippen LogP contribution in [-0.2, 0) is 14.6 Å². The van der Waals surface area contributed by atoms with E-state index in [2.05, 4.69) is 20.9 Å². The molecule has 7 nitrogen and oxygen atoms in total. The van der Waals surface area contributed by atoms with E-state index in [4.69, 9.17) is 0 Å². The summed E-state index contributed by atoms with van der Waals surface area (Å²) in [6.45, 7) is 0.837. The monoisotopic (exact) mass is 466 g/mol. The number of guanidine groups is 1. The topological polar surface area (TPSA) is 99.7 Å². The predicted molar refractivity (Wildman–Crippen MR) is 107 cm³/mol. The number of anilines is 1. The SMILES string of the molecule is CN=C(NCCS(C)(=O)=O)NCC1CC(=O)Nc2ccccc21.I. The Bertz CT molecular complexity index is 706. The highest BCUT2D eigenvalue weighted by Gasteiger charge is 2.24. The molecule has 0 aromatic heterocycles. The summed E-state index contributed by atoms with van der Waals surface area (Å²) in [7, 11) is -1.39.